The van der Waals surface area contributed by atoms with E-state index >= 15 is 0 Å². The Balaban J connectivity index is 1.96. The van der Waals surface area contributed by atoms with Gasteiger partial charge in [-0.3, -0.25) is 0 Å². The number of aromatic nitrogens is 2. The lowest BCUT2D eigenvalue weighted by atomic mass is 10.0. The lowest BCUT2D eigenvalue weighted by Gasteiger charge is -2.17. The van der Waals surface area contributed by atoms with Crippen LogP contribution in [0.15, 0.2) is 58.3 Å². The molecular weight excluding hydrogens is 423 g/mol. The van der Waals surface area contributed by atoms with Crippen LogP contribution in [-0.4, -0.2) is 24.0 Å². The van der Waals surface area contributed by atoms with Crippen LogP contribution >= 0.6 is 11.8 Å². The summed E-state index contributed by atoms with van der Waals surface area (Å²) in [7, 11) is -4.17. The van der Waals surface area contributed by atoms with Gasteiger partial charge in [-0.25, -0.2) is 18.2 Å². The van der Waals surface area contributed by atoms with Crippen LogP contribution in [0.3, 0.4) is 0 Å². The fourth-order valence-corrected chi connectivity index (χ4v) is 5.07. The van der Waals surface area contributed by atoms with E-state index < -0.39 is 21.9 Å². The summed E-state index contributed by atoms with van der Waals surface area (Å²) in [5, 5.41) is 8.95. The van der Waals surface area contributed by atoms with E-state index in [9.17, 15) is 21.6 Å². The van der Waals surface area contributed by atoms with Crippen molar-refractivity contribution in [2.75, 3.05) is 5.75 Å². The van der Waals surface area contributed by atoms with Gasteiger partial charge in [0.25, 0.3) is 0 Å². The Morgan fingerprint density at radius 2 is 1.86 bits per heavy atom. The van der Waals surface area contributed by atoms with Gasteiger partial charge in [-0.1, -0.05) is 24.3 Å². The zero-order valence-corrected chi connectivity index (χ0v) is 16.6. The van der Waals surface area contributed by atoms with Crippen LogP contribution in [0.4, 0.5) is 13.2 Å². The fourth-order valence-electron chi connectivity index (χ4n) is 3.28. The number of hydrogen-bond donors (Lipinski definition) is 1. The van der Waals surface area contributed by atoms with Gasteiger partial charge in [-0.15, -0.1) is 11.8 Å². The van der Waals surface area contributed by atoms with Crippen LogP contribution < -0.4 is 5.14 Å². The average Bonchev–Trinajstić information content (AvgIpc) is 3.13. The van der Waals surface area contributed by atoms with Crippen molar-refractivity contribution in [2.45, 2.75) is 28.8 Å². The maximum absolute atomic E-state index is 13.4. The van der Waals surface area contributed by atoms with Crippen molar-refractivity contribution in [1.82, 2.24) is 9.78 Å². The third-order valence-electron chi connectivity index (χ3n) is 4.61. The topological polar surface area (TPSA) is 78.0 Å². The highest BCUT2D eigenvalue weighted by atomic mass is 32.2. The Morgan fingerprint density at radius 3 is 2.59 bits per heavy atom. The minimum atomic E-state index is -4.68. The summed E-state index contributed by atoms with van der Waals surface area (Å²) in [6.07, 6.45) is -2.71. The first-order chi connectivity index (χ1) is 13.6. The minimum Gasteiger partial charge on any atom is -0.231 e. The standard InChI is InChI=1S/C19H16F3N3O2S2/c20-19(21,22)18-11-15(13-8-7-12-4-3-9-28-16(12)10-13)25(24-18)14-5-1-2-6-17(14)29(23,26)27/h1-2,5-8,10-11H,3-4,9H2,(H2,23,26,27). The van der Waals surface area contributed by atoms with E-state index in [0.29, 0.717) is 5.56 Å². The van der Waals surface area contributed by atoms with E-state index in [2.05, 4.69) is 5.10 Å². The number of hydrogen-bond acceptors (Lipinski definition) is 4. The molecule has 0 radical (unpaired) electrons. The molecule has 5 nitrogen and oxygen atoms in total. The van der Waals surface area contributed by atoms with Crippen LogP contribution in [0.1, 0.15) is 17.7 Å². The second kappa shape index (κ2) is 7.19. The predicted molar refractivity (Wildman–Crippen MR) is 104 cm³/mol. The van der Waals surface area contributed by atoms with E-state index in [4.69, 9.17) is 5.14 Å². The molecule has 0 amide bonds. The van der Waals surface area contributed by atoms with Gasteiger partial charge in [0.05, 0.1) is 11.4 Å². The molecule has 2 heterocycles. The molecule has 0 bridgehead atoms. The number of rotatable bonds is 3. The zero-order chi connectivity index (χ0) is 20.8. The molecule has 10 heteroatoms. The molecule has 1 aliphatic rings. The average molecular weight is 439 g/mol. The number of para-hydroxylation sites is 1. The third kappa shape index (κ3) is 3.92. The quantitative estimate of drug-likeness (QED) is 0.662. The molecule has 1 aromatic heterocycles. The Hall–Kier alpha value is -2.30. The lowest BCUT2D eigenvalue weighted by molar-refractivity contribution is -0.141. The Labute approximate surface area is 169 Å². The van der Waals surface area contributed by atoms with Crippen molar-refractivity contribution in [3.05, 3.63) is 59.8 Å². The minimum absolute atomic E-state index is 0.0362. The molecule has 0 saturated carbocycles. The van der Waals surface area contributed by atoms with Crippen LogP contribution in [-0.2, 0) is 22.6 Å². The zero-order valence-electron chi connectivity index (χ0n) is 15.0. The molecular formula is C19H16F3N3O2S2. The number of thioether (sulfide) groups is 1. The molecule has 3 aromatic rings. The first kappa shape index (κ1) is 20.0. The molecule has 0 unspecified atom stereocenters. The van der Waals surface area contributed by atoms with Gasteiger partial charge in [0.15, 0.2) is 5.69 Å². The smallest absolute Gasteiger partial charge is 0.231 e. The summed E-state index contributed by atoms with van der Waals surface area (Å²) in [5.41, 5.74) is 0.665. The molecule has 0 spiro atoms. The van der Waals surface area contributed by atoms with Crippen LogP contribution in [0.2, 0.25) is 0 Å². The van der Waals surface area contributed by atoms with Crippen molar-refractivity contribution < 1.29 is 21.6 Å². The fraction of sp³-hybridized carbons (Fsp3) is 0.211. The highest BCUT2D eigenvalue weighted by Crippen LogP contribution is 2.37. The van der Waals surface area contributed by atoms with Gasteiger partial charge in [0.1, 0.15) is 4.90 Å². The Kier molecular flexibility index (Phi) is 4.96. The molecule has 4 rings (SSSR count). The normalized spacial score (nSPS) is 14.6. The number of nitrogens with zero attached hydrogens (tertiary/aromatic N) is 2. The molecule has 2 N–H and O–H groups in total. The highest BCUT2D eigenvalue weighted by Gasteiger charge is 2.36. The molecule has 0 saturated heterocycles. The van der Waals surface area contributed by atoms with E-state index in [1.807, 2.05) is 12.1 Å². The van der Waals surface area contributed by atoms with Crippen molar-refractivity contribution in [3.8, 4) is 16.9 Å². The van der Waals surface area contributed by atoms with Gasteiger partial charge < -0.3 is 0 Å². The SMILES string of the molecule is NS(=O)(=O)c1ccccc1-n1nc(C(F)(F)F)cc1-c1ccc2c(c1)SCCC2. The van der Waals surface area contributed by atoms with Gasteiger partial charge in [-0.05, 0) is 48.4 Å². The summed E-state index contributed by atoms with van der Waals surface area (Å²) < 4.78 is 65.2. The van der Waals surface area contributed by atoms with Crippen molar-refractivity contribution in [2.24, 2.45) is 5.14 Å². The van der Waals surface area contributed by atoms with Crippen molar-refractivity contribution in [3.63, 3.8) is 0 Å². The Bertz CT molecular complexity index is 1190. The van der Waals surface area contributed by atoms with Crippen LogP contribution in [0.25, 0.3) is 16.9 Å². The third-order valence-corrected chi connectivity index (χ3v) is 6.75. The van der Waals surface area contributed by atoms with Gasteiger partial charge in [0, 0.05) is 10.5 Å². The molecule has 0 aliphatic carbocycles. The summed E-state index contributed by atoms with van der Waals surface area (Å²) in [6, 6.07) is 12.0. The highest BCUT2D eigenvalue weighted by molar-refractivity contribution is 7.99. The number of primary sulfonamides is 1. The number of halogens is 3. The lowest BCUT2D eigenvalue weighted by Crippen LogP contribution is -2.16. The summed E-state index contributed by atoms with van der Waals surface area (Å²) in [5.74, 6) is 0.942. The largest absolute Gasteiger partial charge is 0.435 e. The second-order valence-electron chi connectivity index (χ2n) is 6.61. The van der Waals surface area contributed by atoms with Crippen molar-refractivity contribution >= 4 is 21.8 Å². The number of benzene rings is 2. The number of alkyl halides is 3. The molecule has 29 heavy (non-hydrogen) atoms. The molecule has 1 aliphatic heterocycles. The summed E-state index contributed by atoms with van der Waals surface area (Å²) >= 11 is 1.65. The number of aryl methyl sites for hydroxylation is 1. The first-order valence-corrected chi connectivity index (χ1v) is 11.2. The van der Waals surface area contributed by atoms with E-state index in [0.717, 1.165) is 39.8 Å². The molecule has 0 fully saturated rings. The van der Waals surface area contributed by atoms with Gasteiger partial charge in [-0.2, -0.15) is 18.3 Å². The Morgan fingerprint density at radius 1 is 1.10 bits per heavy atom. The molecule has 0 atom stereocenters. The van der Waals surface area contributed by atoms with E-state index in [1.165, 1.54) is 24.3 Å². The van der Waals surface area contributed by atoms with E-state index in [-0.39, 0.29) is 16.3 Å². The summed E-state index contributed by atoms with van der Waals surface area (Å²) in [4.78, 5) is 0.709. The first-order valence-electron chi connectivity index (χ1n) is 8.70. The predicted octanol–water partition coefficient (Wildman–Crippen LogP) is 4.24. The maximum Gasteiger partial charge on any atom is 0.435 e. The van der Waals surface area contributed by atoms with E-state index in [1.54, 1.807) is 17.8 Å². The van der Waals surface area contributed by atoms with Gasteiger partial charge >= 0.3 is 6.18 Å². The molecule has 152 valence electrons. The van der Waals surface area contributed by atoms with Gasteiger partial charge in [0.2, 0.25) is 10.0 Å². The number of fused-ring (bicyclic) bond motifs is 1. The maximum atomic E-state index is 13.4. The van der Waals surface area contributed by atoms with Crippen LogP contribution in [0.5, 0.6) is 0 Å². The monoisotopic (exact) mass is 439 g/mol. The number of sulfonamides is 1. The molecule has 2 aromatic carbocycles. The summed E-state index contributed by atoms with van der Waals surface area (Å²) in [6.45, 7) is 0. The van der Waals surface area contributed by atoms with Crippen molar-refractivity contribution in [1.29, 1.82) is 0 Å². The van der Waals surface area contributed by atoms with Crippen LogP contribution in [0, 0.1) is 0 Å². The second-order valence-corrected chi connectivity index (χ2v) is 9.28. The number of nitrogens with two attached hydrogens (primary N) is 1.